The number of rotatable bonds is 2. The van der Waals surface area contributed by atoms with Gasteiger partial charge in [-0.2, -0.15) is 11.8 Å². The average molecular weight is 295 g/mol. The van der Waals surface area contributed by atoms with Crippen molar-refractivity contribution in [3.63, 3.8) is 0 Å². The molecule has 0 spiro atoms. The quantitative estimate of drug-likeness (QED) is 0.906. The van der Waals surface area contributed by atoms with Gasteiger partial charge in [-0.05, 0) is 19.3 Å². The van der Waals surface area contributed by atoms with Gasteiger partial charge in [-0.15, -0.1) is 11.8 Å². The van der Waals surface area contributed by atoms with Gasteiger partial charge in [0.05, 0.1) is 5.25 Å². The van der Waals surface area contributed by atoms with Crippen LogP contribution in [0.3, 0.4) is 0 Å². The van der Waals surface area contributed by atoms with Crippen LogP contribution in [0, 0.1) is 0 Å². The average Bonchev–Trinajstić information content (AvgIpc) is 2.89. The highest BCUT2D eigenvalue weighted by Crippen LogP contribution is 2.44. The molecule has 3 unspecified atom stereocenters. The molecule has 1 aliphatic heterocycles. The number of anilines is 1. The van der Waals surface area contributed by atoms with Crippen molar-refractivity contribution in [2.24, 2.45) is 0 Å². The van der Waals surface area contributed by atoms with Crippen LogP contribution in [0.25, 0.3) is 0 Å². The summed E-state index contributed by atoms with van der Waals surface area (Å²) < 4.78 is 0. The topological polar surface area (TPSA) is 37.8 Å². The fourth-order valence-electron chi connectivity index (χ4n) is 2.72. The van der Waals surface area contributed by atoms with Crippen molar-refractivity contribution >= 4 is 29.3 Å². The molecule has 0 aromatic carbocycles. The maximum Gasteiger partial charge on any atom is 0.144 e. The predicted molar refractivity (Wildman–Crippen MR) is 85.3 cm³/mol. The molecule has 1 aliphatic carbocycles. The number of nitrogens with zero attached hydrogens (tertiary/aromatic N) is 2. The van der Waals surface area contributed by atoms with Gasteiger partial charge in [0.25, 0.3) is 0 Å². The molecular formula is C14H21N3S2. The Kier molecular flexibility index (Phi) is 3.94. The van der Waals surface area contributed by atoms with E-state index < -0.39 is 0 Å². The molecule has 2 heterocycles. The molecule has 0 saturated carbocycles. The van der Waals surface area contributed by atoms with E-state index in [0.29, 0.717) is 10.5 Å². The van der Waals surface area contributed by atoms with Crippen LogP contribution in [0.5, 0.6) is 0 Å². The van der Waals surface area contributed by atoms with Gasteiger partial charge in [0.2, 0.25) is 0 Å². The molecule has 1 fully saturated rings. The van der Waals surface area contributed by atoms with E-state index in [2.05, 4.69) is 30.9 Å². The summed E-state index contributed by atoms with van der Waals surface area (Å²) in [6, 6.07) is 0. The zero-order valence-electron chi connectivity index (χ0n) is 11.8. The van der Waals surface area contributed by atoms with E-state index in [0.717, 1.165) is 35.5 Å². The van der Waals surface area contributed by atoms with Gasteiger partial charge in [0.15, 0.2) is 0 Å². The standard InChI is InChI=1S/C14H21N3S2/c1-8-9(2)19-12(7-18-8)14-16-11-6-4-5-10(11)13(15-3)17-14/h8-9,12H,4-7H2,1-3H3,(H,15,16,17). The lowest BCUT2D eigenvalue weighted by atomic mass is 10.2. The Morgan fingerprint density at radius 1 is 1.16 bits per heavy atom. The third-order valence-corrected chi connectivity index (χ3v) is 7.41. The number of hydrogen-bond donors (Lipinski definition) is 1. The van der Waals surface area contributed by atoms with Crippen molar-refractivity contribution in [3.05, 3.63) is 17.1 Å². The van der Waals surface area contributed by atoms with Crippen LogP contribution in [0.2, 0.25) is 0 Å². The summed E-state index contributed by atoms with van der Waals surface area (Å²) in [4.78, 5) is 9.65. The van der Waals surface area contributed by atoms with E-state index in [1.54, 1.807) is 0 Å². The van der Waals surface area contributed by atoms with E-state index >= 15 is 0 Å². The molecule has 3 atom stereocenters. The van der Waals surface area contributed by atoms with Gasteiger partial charge in [-0.1, -0.05) is 13.8 Å². The number of aromatic nitrogens is 2. The van der Waals surface area contributed by atoms with Gasteiger partial charge in [0.1, 0.15) is 11.6 Å². The van der Waals surface area contributed by atoms with Crippen molar-refractivity contribution < 1.29 is 0 Å². The number of thioether (sulfide) groups is 2. The lowest BCUT2D eigenvalue weighted by Crippen LogP contribution is -2.23. The Morgan fingerprint density at radius 2 is 2.00 bits per heavy atom. The van der Waals surface area contributed by atoms with Crippen LogP contribution in [0.1, 0.15) is 42.6 Å². The molecule has 1 aromatic heterocycles. The molecule has 1 saturated heterocycles. The Morgan fingerprint density at radius 3 is 2.74 bits per heavy atom. The fourth-order valence-corrected chi connectivity index (χ4v) is 5.56. The Labute approximate surface area is 123 Å². The molecule has 3 rings (SSSR count). The number of fused-ring (bicyclic) bond motifs is 1. The van der Waals surface area contributed by atoms with E-state index in [-0.39, 0.29) is 0 Å². The van der Waals surface area contributed by atoms with Crippen LogP contribution in [-0.2, 0) is 12.8 Å². The minimum atomic E-state index is 0.453. The van der Waals surface area contributed by atoms with Gasteiger partial charge < -0.3 is 5.32 Å². The fraction of sp³-hybridized carbons (Fsp3) is 0.714. The number of hydrogen-bond acceptors (Lipinski definition) is 5. The number of aryl methyl sites for hydroxylation is 1. The SMILES string of the molecule is CNc1nc(C2CSC(C)C(C)S2)nc2c1CCC2. The van der Waals surface area contributed by atoms with Crippen LogP contribution >= 0.6 is 23.5 Å². The second-order valence-corrected chi connectivity index (χ2v) is 8.32. The van der Waals surface area contributed by atoms with Crippen molar-refractivity contribution in [1.82, 2.24) is 9.97 Å². The van der Waals surface area contributed by atoms with Crippen molar-refractivity contribution in [1.29, 1.82) is 0 Å². The molecule has 19 heavy (non-hydrogen) atoms. The molecule has 0 bridgehead atoms. The van der Waals surface area contributed by atoms with E-state index in [4.69, 9.17) is 9.97 Å². The Hall–Kier alpha value is -0.420. The summed E-state index contributed by atoms with van der Waals surface area (Å²) in [5.41, 5.74) is 2.63. The zero-order valence-corrected chi connectivity index (χ0v) is 13.4. The maximum absolute atomic E-state index is 4.86. The summed E-state index contributed by atoms with van der Waals surface area (Å²) in [5.74, 6) is 3.24. The first-order chi connectivity index (χ1) is 9.19. The predicted octanol–water partition coefficient (Wildman–Crippen LogP) is 3.31. The molecule has 5 heteroatoms. The molecule has 2 aliphatic rings. The second kappa shape index (κ2) is 5.52. The third kappa shape index (κ3) is 2.59. The minimum absolute atomic E-state index is 0.453. The molecular weight excluding hydrogens is 274 g/mol. The van der Waals surface area contributed by atoms with Gasteiger partial charge in [0, 0.05) is 34.6 Å². The molecule has 1 N–H and O–H groups in total. The van der Waals surface area contributed by atoms with Crippen LogP contribution in [0.15, 0.2) is 0 Å². The Bertz CT molecular complexity index is 478. The van der Waals surface area contributed by atoms with Crippen LogP contribution < -0.4 is 5.32 Å². The van der Waals surface area contributed by atoms with Gasteiger partial charge in [-0.25, -0.2) is 9.97 Å². The van der Waals surface area contributed by atoms with Crippen molar-refractivity contribution in [3.8, 4) is 0 Å². The van der Waals surface area contributed by atoms with E-state index in [1.807, 2.05) is 18.8 Å². The summed E-state index contributed by atoms with van der Waals surface area (Å²) in [5, 5.41) is 5.13. The first kappa shape index (κ1) is 13.6. The van der Waals surface area contributed by atoms with E-state index in [9.17, 15) is 0 Å². The highest BCUT2D eigenvalue weighted by Gasteiger charge is 2.30. The summed E-state index contributed by atoms with van der Waals surface area (Å²) in [6.45, 7) is 4.64. The summed E-state index contributed by atoms with van der Waals surface area (Å²) >= 11 is 4.09. The largest absolute Gasteiger partial charge is 0.373 e. The van der Waals surface area contributed by atoms with E-state index in [1.165, 1.54) is 17.7 Å². The van der Waals surface area contributed by atoms with Crippen molar-refractivity contribution in [2.45, 2.75) is 48.9 Å². The normalized spacial score (nSPS) is 30.2. The highest BCUT2D eigenvalue weighted by molar-refractivity contribution is 8.07. The maximum atomic E-state index is 4.86. The van der Waals surface area contributed by atoms with Gasteiger partial charge >= 0.3 is 0 Å². The van der Waals surface area contributed by atoms with Gasteiger partial charge in [-0.3, -0.25) is 0 Å². The number of nitrogens with one attached hydrogen (secondary N) is 1. The summed E-state index contributed by atoms with van der Waals surface area (Å²) in [7, 11) is 1.97. The Balaban J connectivity index is 1.89. The zero-order chi connectivity index (χ0) is 13.4. The van der Waals surface area contributed by atoms with Crippen molar-refractivity contribution in [2.75, 3.05) is 18.1 Å². The van der Waals surface area contributed by atoms with Crippen LogP contribution in [-0.4, -0.2) is 33.3 Å². The first-order valence-electron chi connectivity index (χ1n) is 7.03. The molecule has 104 valence electrons. The smallest absolute Gasteiger partial charge is 0.144 e. The minimum Gasteiger partial charge on any atom is -0.373 e. The van der Waals surface area contributed by atoms with Crippen LogP contribution in [0.4, 0.5) is 5.82 Å². The molecule has 0 radical (unpaired) electrons. The monoisotopic (exact) mass is 295 g/mol. The molecule has 3 nitrogen and oxygen atoms in total. The lowest BCUT2D eigenvalue weighted by molar-refractivity contribution is 0.843. The second-order valence-electron chi connectivity index (χ2n) is 5.33. The first-order valence-corrected chi connectivity index (χ1v) is 9.02. The lowest BCUT2D eigenvalue weighted by Gasteiger charge is -2.30. The summed E-state index contributed by atoms with van der Waals surface area (Å²) in [6.07, 6.45) is 3.48. The molecule has 0 amide bonds. The molecule has 1 aromatic rings. The third-order valence-electron chi connectivity index (χ3n) is 4.03. The highest BCUT2D eigenvalue weighted by atomic mass is 32.2.